The van der Waals surface area contributed by atoms with E-state index in [9.17, 15) is 0 Å². The monoisotopic (exact) mass is 257 g/mol. The Bertz CT molecular complexity index is 235. The zero-order valence-corrected chi connectivity index (χ0v) is 12.7. The first kappa shape index (κ1) is 15.9. The van der Waals surface area contributed by atoms with E-state index in [-0.39, 0.29) is 18.2 Å². The van der Waals surface area contributed by atoms with E-state index in [1.165, 1.54) is 6.42 Å². The number of ether oxygens (including phenoxy) is 2. The van der Waals surface area contributed by atoms with Crippen molar-refractivity contribution in [1.82, 2.24) is 0 Å². The molecule has 0 amide bonds. The molecule has 0 radical (unpaired) electrons. The standard InChI is InChI=1S/C15H31NO2/c1-11(2)17-8-9-18-14-10-12(15(3,4)5)6-7-13(14)16/h11-14H,6-10,16H2,1-5H3. The lowest BCUT2D eigenvalue weighted by atomic mass is 9.70. The van der Waals surface area contributed by atoms with E-state index < -0.39 is 0 Å². The van der Waals surface area contributed by atoms with Gasteiger partial charge in [-0.05, 0) is 44.4 Å². The van der Waals surface area contributed by atoms with Gasteiger partial charge in [0.1, 0.15) is 0 Å². The Balaban J connectivity index is 2.34. The van der Waals surface area contributed by atoms with Crippen LogP contribution in [0, 0.1) is 11.3 Å². The molecule has 0 heterocycles. The number of hydrogen-bond donors (Lipinski definition) is 1. The van der Waals surface area contributed by atoms with Crippen LogP contribution in [0.3, 0.4) is 0 Å². The summed E-state index contributed by atoms with van der Waals surface area (Å²) in [7, 11) is 0. The predicted molar refractivity (Wildman–Crippen MR) is 75.6 cm³/mol. The van der Waals surface area contributed by atoms with E-state index >= 15 is 0 Å². The number of nitrogens with two attached hydrogens (primary N) is 1. The molecule has 3 unspecified atom stereocenters. The fourth-order valence-corrected chi connectivity index (χ4v) is 2.61. The molecule has 0 bridgehead atoms. The van der Waals surface area contributed by atoms with Crippen molar-refractivity contribution in [2.45, 2.75) is 72.1 Å². The molecule has 1 aliphatic rings. The van der Waals surface area contributed by atoms with Crippen LogP contribution in [0.4, 0.5) is 0 Å². The molecule has 0 aromatic carbocycles. The molecule has 1 aliphatic carbocycles. The van der Waals surface area contributed by atoms with Crippen LogP contribution in [0.2, 0.25) is 0 Å². The molecule has 1 saturated carbocycles. The van der Waals surface area contributed by atoms with Crippen LogP contribution < -0.4 is 5.73 Å². The first-order chi connectivity index (χ1) is 8.30. The Kier molecular flexibility index (Phi) is 6.09. The maximum Gasteiger partial charge on any atom is 0.0729 e. The second-order valence-corrected chi connectivity index (χ2v) is 6.87. The summed E-state index contributed by atoms with van der Waals surface area (Å²) in [6.07, 6.45) is 3.88. The summed E-state index contributed by atoms with van der Waals surface area (Å²) < 4.78 is 11.4. The van der Waals surface area contributed by atoms with Gasteiger partial charge in [0.15, 0.2) is 0 Å². The van der Waals surface area contributed by atoms with Crippen molar-refractivity contribution < 1.29 is 9.47 Å². The molecule has 1 fully saturated rings. The van der Waals surface area contributed by atoms with Gasteiger partial charge in [0, 0.05) is 6.04 Å². The van der Waals surface area contributed by atoms with Crippen molar-refractivity contribution >= 4 is 0 Å². The third kappa shape index (κ3) is 5.25. The Morgan fingerprint density at radius 3 is 2.39 bits per heavy atom. The van der Waals surface area contributed by atoms with E-state index in [0.717, 1.165) is 12.8 Å². The van der Waals surface area contributed by atoms with E-state index in [0.29, 0.717) is 24.5 Å². The lowest BCUT2D eigenvalue weighted by Gasteiger charge is -2.40. The first-order valence-electron chi connectivity index (χ1n) is 7.29. The van der Waals surface area contributed by atoms with Gasteiger partial charge in [-0.25, -0.2) is 0 Å². The third-order valence-corrected chi connectivity index (χ3v) is 3.93. The normalized spacial score (nSPS) is 29.8. The molecule has 0 saturated heterocycles. The summed E-state index contributed by atoms with van der Waals surface area (Å²) in [6, 6.07) is 0.197. The van der Waals surface area contributed by atoms with E-state index in [1.54, 1.807) is 0 Å². The highest BCUT2D eigenvalue weighted by atomic mass is 16.5. The summed E-state index contributed by atoms with van der Waals surface area (Å²) in [6.45, 7) is 12.4. The summed E-state index contributed by atoms with van der Waals surface area (Å²) in [4.78, 5) is 0. The van der Waals surface area contributed by atoms with E-state index in [4.69, 9.17) is 15.2 Å². The lowest BCUT2D eigenvalue weighted by molar-refractivity contribution is -0.0496. The van der Waals surface area contributed by atoms with Gasteiger partial charge in [0.25, 0.3) is 0 Å². The average Bonchev–Trinajstić information content (AvgIpc) is 2.24. The minimum absolute atomic E-state index is 0.197. The van der Waals surface area contributed by atoms with Gasteiger partial charge in [0.05, 0.1) is 25.4 Å². The average molecular weight is 257 g/mol. The molecule has 1 rings (SSSR count). The predicted octanol–water partition coefficient (Wildman–Crippen LogP) is 2.97. The van der Waals surface area contributed by atoms with Gasteiger partial charge in [-0.15, -0.1) is 0 Å². The Morgan fingerprint density at radius 2 is 1.83 bits per heavy atom. The van der Waals surface area contributed by atoms with Crippen LogP contribution in [0.25, 0.3) is 0 Å². The van der Waals surface area contributed by atoms with Crippen molar-refractivity contribution in [3.05, 3.63) is 0 Å². The maximum atomic E-state index is 6.16. The van der Waals surface area contributed by atoms with Crippen molar-refractivity contribution in [2.24, 2.45) is 17.1 Å². The molecule has 3 nitrogen and oxygen atoms in total. The largest absolute Gasteiger partial charge is 0.376 e. The highest BCUT2D eigenvalue weighted by Gasteiger charge is 2.34. The molecular weight excluding hydrogens is 226 g/mol. The summed E-state index contributed by atoms with van der Waals surface area (Å²) in [5.74, 6) is 0.716. The van der Waals surface area contributed by atoms with E-state index in [1.807, 2.05) is 13.8 Å². The van der Waals surface area contributed by atoms with Gasteiger partial charge in [-0.2, -0.15) is 0 Å². The van der Waals surface area contributed by atoms with E-state index in [2.05, 4.69) is 20.8 Å². The van der Waals surface area contributed by atoms with Crippen LogP contribution in [0.15, 0.2) is 0 Å². The minimum atomic E-state index is 0.197. The van der Waals surface area contributed by atoms with Crippen LogP contribution in [-0.2, 0) is 9.47 Å². The van der Waals surface area contributed by atoms with Crippen LogP contribution >= 0.6 is 0 Å². The third-order valence-electron chi connectivity index (χ3n) is 3.93. The van der Waals surface area contributed by atoms with Gasteiger partial charge in [-0.3, -0.25) is 0 Å². The summed E-state index contributed by atoms with van der Waals surface area (Å²) >= 11 is 0. The second kappa shape index (κ2) is 6.88. The Morgan fingerprint density at radius 1 is 1.17 bits per heavy atom. The van der Waals surface area contributed by atoms with Crippen molar-refractivity contribution in [3.63, 3.8) is 0 Å². The molecule has 2 N–H and O–H groups in total. The first-order valence-corrected chi connectivity index (χ1v) is 7.29. The smallest absolute Gasteiger partial charge is 0.0729 e. The fourth-order valence-electron chi connectivity index (χ4n) is 2.61. The zero-order chi connectivity index (χ0) is 13.8. The molecule has 0 aromatic heterocycles. The fraction of sp³-hybridized carbons (Fsp3) is 1.00. The Hall–Kier alpha value is -0.120. The maximum absolute atomic E-state index is 6.16. The molecule has 18 heavy (non-hydrogen) atoms. The minimum Gasteiger partial charge on any atom is -0.376 e. The van der Waals surface area contributed by atoms with Crippen LogP contribution in [-0.4, -0.2) is 31.5 Å². The second-order valence-electron chi connectivity index (χ2n) is 6.87. The van der Waals surface area contributed by atoms with Gasteiger partial charge >= 0.3 is 0 Å². The molecule has 108 valence electrons. The quantitative estimate of drug-likeness (QED) is 0.770. The van der Waals surface area contributed by atoms with Crippen molar-refractivity contribution in [1.29, 1.82) is 0 Å². The topological polar surface area (TPSA) is 44.5 Å². The molecule has 0 aromatic rings. The highest BCUT2D eigenvalue weighted by Crippen LogP contribution is 2.38. The van der Waals surface area contributed by atoms with Crippen LogP contribution in [0.5, 0.6) is 0 Å². The van der Waals surface area contributed by atoms with Crippen molar-refractivity contribution in [3.8, 4) is 0 Å². The molecule has 0 aliphatic heterocycles. The molecule has 3 heteroatoms. The SMILES string of the molecule is CC(C)OCCOC1CC(C(C)(C)C)CCC1N. The Labute approximate surface area is 112 Å². The number of hydrogen-bond acceptors (Lipinski definition) is 3. The molecular formula is C15H31NO2. The molecule has 3 atom stereocenters. The zero-order valence-electron chi connectivity index (χ0n) is 12.7. The highest BCUT2D eigenvalue weighted by molar-refractivity contribution is 4.88. The van der Waals surface area contributed by atoms with Crippen molar-refractivity contribution in [2.75, 3.05) is 13.2 Å². The van der Waals surface area contributed by atoms with Crippen LogP contribution in [0.1, 0.15) is 53.9 Å². The number of rotatable bonds is 5. The summed E-state index contributed by atoms with van der Waals surface area (Å²) in [5.41, 5.74) is 6.52. The van der Waals surface area contributed by atoms with Gasteiger partial charge < -0.3 is 15.2 Å². The lowest BCUT2D eigenvalue weighted by Crippen LogP contribution is -2.45. The van der Waals surface area contributed by atoms with Gasteiger partial charge in [-0.1, -0.05) is 20.8 Å². The van der Waals surface area contributed by atoms with Gasteiger partial charge in [0.2, 0.25) is 0 Å². The molecule has 0 spiro atoms. The summed E-state index contributed by atoms with van der Waals surface area (Å²) in [5, 5.41) is 0.